The zero-order valence-corrected chi connectivity index (χ0v) is 12.9. The van der Waals surface area contributed by atoms with Crippen LogP contribution in [0.5, 0.6) is 0 Å². The Morgan fingerprint density at radius 2 is 2.09 bits per heavy atom. The standard InChI is InChI=1S/C17H18N2O4/c1-23-17(22)12-8-5-9-19-13(10-11-6-3-2-4-7-11)18-14(15(12)19)16(20)21/h2-4,6-7,12H,5,8-10H2,1H3,(H,20,21). The molecule has 0 spiro atoms. The SMILES string of the molecule is COC(=O)C1CCCn2c(Cc3ccccc3)nc(C(=O)O)c21. The molecule has 1 aromatic carbocycles. The molecule has 6 heteroatoms. The van der Waals surface area contributed by atoms with Crippen LogP contribution in [-0.4, -0.2) is 33.7 Å². The lowest BCUT2D eigenvalue weighted by Gasteiger charge is -2.24. The minimum atomic E-state index is -1.11. The lowest BCUT2D eigenvalue weighted by Crippen LogP contribution is -2.25. The number of carboxylic acids is 1. The van der Waals surface area contributed by atoms with E-state index in [0.717, 1.165) is 12.0 Å². The Labute approximate surface area is 133 Å². The van der Waals surface area contributed by atoms with Gasteiger partial charge in [0.25, 0.3) is 0 Å². The van der Waals surface area contributed by atoms with E-state index in [1.165, 1.54) is 7.11 Å². The van der Waals surface area contributed by atoms with E-state index in [-0.39, 0.29) is 5.69 Å². The summed E-state index contributed by atoms with van der Waals surface area (Å²) in [4.78, 5) is 27.9. The molecule has 0 fully saturated rings. The van der Waals surface area contributed by atoms with Gasteiger partial charge < -0.3 is 14.4 Å². The number of imidazole rings is 1. The molecule has 23 heavy (non-hydrogen) atoms. The number of nitrogens with zero attached hydrogens (tertiary/aromatic N) is 2. The Balaban J connectivity index is 2.06. The molecule has 0 radical (unpaired) electrons. The van der Waals surface area contributed by atoms with Gasteiger partial charge in [0, 0.05) is 13.0 Å². The maximum atomic E-state index is 12.0. The molecule has 0 bridgehead atoms. The van der Waals surface area contributed by atoms with E-state index >= 15 is 0 Å². The van der Waals surface area contributed by atoms with Gasteiger partial charge in [-0.1, -0.05) is 30.3 Å². The summed E-state index contributed by atoms with van der Waals surface area (Å²) < 4.78 is 6.71. The number of carboxylic acid groups (broad SMARTS) is 1. The minimum absolute atomic E-state index is 0.0361. The average Bonchev–Trinajstić information content (AvgIpc) is 2.94. The van der Waals surface area contributed by atoms with Crippen molar-refractivity contribution in [1.29, 1.82) is 0 Å². The zero-order chi connectivity index (χ0) is 16.4. The zero-order valence-electron chi connectivity index (χ0n) is 12.9. The summed E-state index contributed by atoms with van der Waals surface area (Å²) in [5.41, 5.74) is 1.49. The number of carbonyl (C=O) groups is 2. The molecular weight excluding hydrogens is 296 g/mol. The van der Waals surface area contributed by atoms with Gasteiger partial charge in [0.15, 0.2) is 5.69 Å². The molecule has 1 aromatic heterocycles. The van der Waals surface area contributed by atoms with Crippen LogP contribution in [-0.2, 0) is 22.5 Å². The van der Waals surface area contributed by atoms with E-state index in [9.17, 15) is 14.7 Å². The molecule has 2 aromatic rings. The van der Waals surface area contributed by atoms with Gasteiger partial charge in [0.2, 0.25) is 0 Å². The van der Waals surface area contributed by atoms with Gasteiger partial charge in [0.1, 0.15) is 5.82 Å². The highest BCUT2D eigenvalue weighted by molar-refractivity contribution is 5.90. The maximum Gasteiger partial charge on any atom is 0.356 e. The van der Waals surface area contributed by atoms with Crippen LogP contribution in [0, 0.1) is 0 Å². The lowest BCUT2D eigenvalue weighted by molar-refractivity contribution is -0.143. The van der Waals surface area contributed by atoms with Crippen LogP contribution in [0.15, 0.2) is 30.3 Å². The lowest BCUT2D eigenvalue weighted by atomic mass is 9.94. The van der Waals surface area contributed by atoms with Gasteiger partial charge in [-0.25, -0.2) is 9.78 Å². The van der Waals surface area contributed by atoms with Crippen LogP contribution >= 0.6 is 0 Å². The second-order valence-electron chi connectivity index (χ2n) is 5.60. The summed E-state index contributed by atoms with van der Waals surface area (Å²) in [7, 11) is 1.32. The highest BCUT2D eigenvalue weighted by Gasteiger charge is 2.35. The van der Waals surface area contributed by atoms with Gasteiger partial charge >= 0.3 is 11.9 Å². The predicted molar refractivity (Wildman–Crippen MR) is 82.4 cm³/mol. The first-order valence-electron chi connectivity index (χ1n) is 7.56. The number of esters is 1. The molecule has 1 atom stereocenters. The number of rotatable bonds is 4. The third-order valence-corrected chi connectivity index (χ3v) is 4.18. The number of fused-ring (bicyclic) bond motifs is 1. The second kappa shape index (κ2) is 6.24. The first kappa shape index (κ1) is 15.3. The summed E-state index contributed by atoms with van der Waals surface area (Å²) in [6.45, 7) is 0.672. The fraction of sp³-hybridized carbons (Fsp3) is 0.353. The van der Waals surface area contributed by atoms with Crippen molar-refractivity contribution in [2.45, 2.75) is 31.7 Å². The van der Waals surface area contributed by atoms with Crippen molar-refractivity contribution >= 4 is 11.9 Å². The number of benzene rings is 1. The van der Waals surface area contributed by atoms with E-state index in [4.69, 9.17) is 4.74 Å². The Hall–Kier alpha value is -2.63. The van der Waals surface area contributed by atoms with Crippen molar-refractivity contribution in [2.24, 2.45) is 0 Å². The van der Waals surface area contributed by atoms with Crippen LogP contribution < -0.4 is 0 Å². The number of ether oxygens (including phenoxy) is 1. The Kier molecular flexibility index (Phi) is 4.14. The molecule has 120 valence electrons. The van der Waals surface area contributed by atoms with E-state index in [0.29, 0.717) is 30.9 Å². The highest BCUT2D eigenvalue weighted by Crippen LogP contribution is 2.32. The van der Waals surface area contributed by atoms with Crippen molar-refractivity contribution < 1.29 is 19.4 Å². The third kappa shape index (κ3) is 2.84. The molecule has 1 unspecified atom stereocenters. The summed E-state index contributed by atoms with van der Waals surface area (Å²) in [6.07, 6.45) is 1.92. The molecule has 6 nitrogen and oxygen atoms in total. The van der Waals surface area contributed by atoms with Crippen molar-refractivity contribution in [3.63, 3.8) is 0 Å². The number of aromatic nitrogens is 2. The summed E-state index contributed by atoms with van der Waals surface area (Å²) >= 11 is 0. The van der Waals surface area contributed by atoms with Gasteiger partial charge in [-0.3, -0.25) is 4.79 Å². The topological polar surface area (TPSA) is 81.4 Å². The highest BCUT2D eigenvalue weighted by atomic mass is 16.5. The van der Waals surface area contributed by atoms with E-state index in [1.807, 2.05) is 34.9 Å². The van der Waals surface area contributed by atoms with Gasteiger partial charge in [-0.05, 0) is 18.4 Å². The maximum absolute atomic E-state index is 12.0. The molecule has 0 amide bonds. The predicted octanol–water partition coefficient (Wildman–Crippen LogP) is 2.22. The van der Waals surface area contributed by atoms with Crippen molar-refractivity contribution in [2.75, 3.05) is 7.11 Å². The number of methoxy groups -OCH3 is 1. The molecule has 1 aliphatic rings. The number of hydrogen-bond acceptors (Lipinski definition) is 4. The molecule has 3 rings (SSSR count). The van der Waals surface area contributed by atoms with Crippen molar-refractivity contribution in [3.05, 3.63) is 53.1 Å². The monoisotopic (exact) mass is 314 g/mol. The first-order chi connectivity index (χ1) is 11.1. The fourth-order valence-electron chi connectivity index (χ4n) is 3.15. The Bertz CT molecular complexity index is 737. The van der Waals surface area contributed by atoms with Crippen molar-refractivity contribution in [3.8, 4) is 0 Å². The van der Waals surface area contributed by atoms with E-state index < -0.39 is 17.9 Å². The summed E-state index contributed by atoms with van der Waals surface area (Å²) in [5.74, 6) is -1.39. The smallest absolute Gasteiger partial charge is 0.356 e. The summed E-state index contributed by atoms with van der Waals surface area (Å²) in [6, 6.07) is 9.75. The Morgan fingerprint density at radius 3 is 2.74 bits per heavy atom. The van der Waals surface area contributed by atoms with Crippen LogP contribution in [0.4, 0.5) is 0 Å². The second-order valence-corrected chi connectivity index (χ2v) is 5.60. The molecule has 0 saturated carbocycles. The van der Waals surface area contributed by atoms with Gasteiger partial charge in [-0.15, -0.1) is 0 Å². The third-order valence-electron chi connectivity index (χ3n) is 4.18. The largest absolute Gasteiger partial charge is 0.476 e. The van der Waals surface area contributed by atoms with Gasteiger partial charge in [-0.2, -0.15) is 0 Å². The molecule has 1 aliphatic heterocycles. The van der Waals surface area contributed by atoms with Crippen molar-refractivity contribution in [1.82, 2.24) is 9.55 Å². The van der Waals surface area contributed by atoms with Gasteiger partial charge in [0.05, 0.1) is 18.7 Å². The van der Waals surface area contributed by atoms with E-state index in [2.05, 4.69) is 4.98 Å². The molecule has 0 saturated heterocycles. The van der Waals surface area contributed by atoms with Crippen LogP contribution in [0.3, 0.4) is 0 Å². The number of carbonyl (C=O) groups excluding carboxylic acids is 1. The minimum Gasteiger partial charge on any atom is -0.476 e. The fourth-order valence-corrected chi connectivity index (χ4v) is 3.15. The first-order valence-corrected chi connectivity index (χ1v) is 7.56. The number of hydrogen-bond donors (Lipinski definition) is 1. The van der Waals surface area contributed by atoms with Crippen LogP contribution in [0.2, 0.25) is 0 Å². The van der Waals surface area contributed by atoms with E-state index in [1.54, 1.807) is 0 Å². The average molecular weight is 314 g/mol. The number of aromatic carboxylic acids is 1. The normalized spacial score (nSPS) is 16.7. The summed E-state index contributed by atoms with van der Waals surface area (Å²) in [5, 5.41) is 9.46. The molecular formula is C17H18N2O4. The molecule has 1 N–H and O–H groups in total. The Morgan fingerprint density at radius 1 is 1.35 bits per heavy atom. The molecule has 2 heterocycles. The van der Waals surface area contributed by atoms with Crippen LogP contribution in [0.25, 0.3) is 0 Å². The quantitative estimate of drug-likeness (QED) is 0.875. The van der Waals surface area contributed by atoms with Crippen LogP contribution in [0.1, 0.15) is 46.3 Å². The molecule has 0 aliphatic carbocycles.